The molecule has 0 aromatic carbocycles. The van der Waals surface area contributed by atoms with E-state index in [4.69, 9.17) is 5.26 Å². The molecule has 4 nitrogen and oxygen atoms in total. The highest BCUT2D eigenvalue weighted by Crippen LogP contribution is 2.37. The Hall–Kier alpha value is -2.24. The van der Waals surface area contributed by atoms with Crippen LogP contribution in [-0.2, 0) is 22.1 Å². The summed E-state index contributed by atoms with van der Waals surface area (Å²) in [6.07, 6.45) is -8.72. The number of esters is 1. The van der Waals surface area contributed by atoms with E-state index in [2.05, 4.69) is 9.72 Å². The van der Waals surface area contributed by atoms with Crippen LogP contribution in [0.25, 0.3) is 0 Å². The Balaban J connectivity index is 3.55. The molecule has 0 unspecified atom stereocenters. The van der Waals surface area contributed by atoms with E-state index in [9.17, 15) is 26.7 Å². The predicted molar refractivity (Wildman–Crippen MR) is 54.6 cm³/mol. The second kappa shape index (κ2) is 5.81. The number of ether oxygens (including phenoxy) is 1. The maximum absolute atomic E-state index is 12.9. The van der Waals surface area contributed by atoms with Crippen LogP contribution in [0.3, 0.4) is 0 Å². The number of hydrogen-bond acceptors (Lipinski definition) is 4. The number of methoxy groups -OCH3 is 1. The molecule has 0 aliphatic carbocycles. The molecule has 0 aliphatic heterocycles. The van der Waals surface area contributed by atoms with Gasteiger partial charge in [0.1, 0.15) is 11.8 Å². The largest absolute Gasteiger partial charge is 0.469 e. The second-order valence-electron chi connectivity index (χ2n) is 3.58. The summed E-state index contributed by atoms with van der Waals surface area (Å²) in [5.74, 6) is -1.01. The number of carbonyl (C=O) groups is 1. The van der Waals surface area contributed by atoms with E-state index in [1.165, 1.54) is 0 Å². The monoisotopic (exact) mass is 294 g/mol. The molecule has 20 heavy (non-hydrogen) atoms. The lowest BCUT2D eigenvalue weighted by Gasteiger charge is -2.15. The van der Waals surface area contributed by atoms with Crippen molar-refractivity contribution >= 4 is 5.97 Å². The minimum Gasteiger partial charge on any atom is -0.469 e. The highest BCUT2D eigenvalue weighted by Gasteiger charge is 2.39. The quantitative estimate of drug-likeness (QED) is 0.635. The van der Waals surface area contributed by atoms with Crippen molar-refractivity contribution in [2.24, 2.45) is 0 Å². The van der Waals surface area contributed by atoms with E-state index >= 15 is 0 Å². The van der Waals surface area contributed by atoms with Gasteiger partial charge in [-0.3, -0.25) is 9.78 Å². The zero-order valence-corrected chi connectivity index (χ0v) is 9.96. The summed E-state index contributed by atoms with van der Waals surface area (Å²) in [4.78, 5) is 14.2. The Morgan fingerprint density at radius 3 is 2.50 bits per heavy atom. The first kappa shape index (κ1) is 15.8. The molecule has 0 amide bonds. The smallest absolute Gasteiger partial charge is 0.418 e. The zero-order chi connectivity index (χ0) is 15.5. The highest BCUT2D eigenvalue weighted by atomic mass is 19.4. The van der Waals surface area contributed by atoms with Crippen LogP contribution in [0.4, 0.5) is 22.0 Å². The molecular weight excluding hydrogens is 287 g/mol. The molecule has 0 saturated heterocycles. The summed E-state index contributed by atoms with van der Waals surface area (Å²) in [6, 6.07) is 1.07. The molecule has 0 N–H and O–H groups in total. The molecule has 0 saturated carbocycles. The van der Waals surface area contributed by atoms with E-state index in [-0.39, 0.29) is 0 Å². The standard InChI is InChI=1S/C11H7F5N2O2/c1-20-7(19)2-5-4-18-9(10(12)13)6(3-17)8(5)11(14,15)16/h4,10H,2H2,1H3. The van der Waals surface area contributed by atoms with Gasteiger partial charge in [-0.15, -0.1) is 0 Å². The third kappa shape index (κ3) is 3.20. The van der Waals surface area contributed by atoms with Crippen molar-refractivity contribution in [2.45, 2.75) is 19.0 Å². The van der Waals surface area contributed by atoms with Gasteiger partial charge in [0.15, 0.2) is 0 Å². The minimum absolute atomic E-state index is 0.502. The summed E-state index contributed by atoms with van der Waals surface area (Å²) in [6.45, 7) is 0. The van der Waals surface area contributed by atoms with E-state index in [0.717, 1.165) is 13.2 Å². The maximum Gasteiger partial charge on any atom is 0.418 e. The van der Waals surface area contributed by atoms with Crippen LogP contribution in [0.1, 0.15) is 28.8 Å². The van der Waals surface area contributed by atoms with E-state index in [1.54, 1.807) is 0 Å². The van der Waals surface area contributed by atoms with Gasteiger partial charge in [0, 0.05) is 6.20 Å². The molecule has 0 bridgehead atoms. The van der Waals surface area contributed by atoms with Gasteiger partial charge in [-0.1, -0.05) is 0 Å². The third-order valence-electron chi connectivity index (χ3n) is 2.35. The lowest BCUT2D eigenvalue weighted by molar-refractivity contribution is -0.141. The molecule has 1 rings (SSSR count). The molecular formula is C11H7F5N2O2. The molecule has 0 spiro atoms. The van der Waals surface area contributed by atoms with Gasteiger partial charge in [-0.2, -0.15) is 18.4 Å². The van der Waals surface area contributed by atoms with Crippen molar-refractivity contribution in [3.8, 4) is 6.07 Å². The van der Waals surface area contributed by atoms with Gasteiger partial charge in [0.2, 0.25) is 0 Å². The van der Waals surface area contributed by atoms with Crippen molar-refractivity contribution in [3.63, 3.8) is 0 Å². The molecule has 0 atom stereocenters. The predicted octanol–water partition coefficient (Wildman–Crippen LogP) is 2.63. The number of nitriles is 1. The van der Waals surface area contributed by atoms with Crippen LogP contribution in [0.15, 0.2) is 6.20 Å². The van der Waals surface area contributed by atoms with Crippen molar-refractivity contribution in [1.82, 2.24) is 4.98 Å². The number of hydrogen-bond donors (Lipinski definition) is 0. The summed E-state index contributed by atoms with van der Waals surface area (Å²) >= 11 is 0. The molecule has 1 aromatic rings. The first-order valence-corrected chi connectivity index (χ1v) is 5.06. The maximum atomic E-state index is 12.9. The fraction of sp³-hybridized carbons (Fsp3) is 0.364. The van der Waals surface area contributed by atoms with Crippen LogP contribution in [-0.4, -0.2) is 18.1 Å². The van der Waals surface area contributed by atoms with E-state index in [0.29, 0.717) is 6.20 Å². The second-order valence-corrected chi connectivity index (χ2v) is 3.58. The van der Waals surface area contributed by atoms with Crippen molar-refractivity contribution < 1.29 is 31.5 Å². The van der Waals surface area contributed by atoms with Crippen LogP contribution in [0.2, 0.25) is 0 Å². The molecule has 0 fully saturated rings. The molecule has 1 heterocycles. The van der Waals surface area contributed by atoms with Gasteiger partial charge in [0.05, 0.1) is 24.7 Å². The number of carbonyl (C=O) groups excluding carboxylic acids is 1. The Morgan fingerprint density at radius 1 is 1.50 bits per heavy atom. The summed E-state index contributed by atoms with van der Waals surface area (Å²) in [5.41, 5.74) is -4.83. The highest BCUT2D eigenvalue weighted by molar-refractivity contribution is 5.73. The first-order chi connectivity index (χ1) is 9.22. The van der Waals surface area contributed by atoms with Crippen molar-refractivity contribution in [1.29, 1.82) is 5.26 Å². The molecule has 108 valence electrons. The Morgan fingerprint density at radius 2 is 2.10 bits per heavy atom. The number of halogens is 5. The normalized spacial score (nSPS) is 11.3. The summed E-state index contributed by atoms with van der Waals surface area (Å²) in [5, 5.41) is 8.69. The third-order valence-corrected chi connectivity index (χ3v) is 2.35. The lowest BCUT2D eigenvalue weighted by Crippen LogP contribution is -2.18. The molecule has 0 aliphatic rings. The molecule has 1 aromatic heterocycles. The fourth-order valence-electron chi connectivity index (χ4n) is 1.53. The molecule has 9 heteroatoms. The minimum atomic E-state index is -5.07. The van der Waals surface area contributed by atoms with Gasteiger partial charge in [-0.25, -0.2) is 8.78 Å². The Bertz CT molecular complexity index is 563. The summed E-state index contributed by atoms with van der Waals surface area (Å²) < 4.78 is 68.1. The van der Waals surface area contributed by atoms with Crippen LogP contribution in [0.5, 0.6) is 0 Å². The summed E-state index contributed by atoms with van der Waals surface area (Å²) in [7, 11) is 0.960. The number of nitrogens with zero attached hydrogens (tertiary/aromatic N) is 2. The van der Waals surface area contributed by atoms with Gasteiger partial charge in [-0.05, 0) is 5.56 Å². The van der Waals surface area contributed by atoms with Crippen LogP contribution in [0, 0.1) is 11.3 Å². The average molecular weight is 294 g/mol. The van der Waals surface area contributed by atoms with E-state index in [1.807, 2.05) is 0 Å². The SMILES string of the molecule is COC(=O)Cc1cnc(C(F)F)c(C#N)c1C(F)(F)F. The Kier molecular flexibility index (Phi) is 4.60. The first-order valence-electron chi connectivity index (χ1n) is 5.06. The Labute approximate surface area is 109 Å². The number of alkyl halides is 5. The molecule has 0 radical (unpaired) electrons. The zero-order valence-electron chi connectivity index (χ0n) is 9.96. The number of rotatable bonds is 3. The van der Waals surface area contributed by atoms with Gasteiger partial charge in [0.25, 0.3) is 6.43 Å². The van der Waals surface area contributed by atoms with Gasteiger partial charge < -0.3 is 4.74 Å². The topological polar surface area (TPSA) is 63.0 Å². The fourth-order valence-corrected chi connectivity index (χ4v) is 1.53. The number of pyridine rings is 1. The van der Waals surface area contributed by atoms with Crippen molar-refractivity contribution in [2.75, 3.05) is 7.11 Å². The van der Waals surface area contributed by atoms with Gasteiger partial charge >= 0.3 is 12.1 Å². The lowest BCUT2D eigenvalue weighted by atomic mass is 9.99. The van der Waals surface area contributed by atoms with Crippen LogP contribution < -0.4 is 0 Å². The van der Waals surface area contributed by atoms with Crippen molar-refractivity contribution in [3.05, 3.63) is 28.6 Å². The average Bonchev–Trinajstić information content (AvgIpc) is 2.35. The van der Waals surface area contributed by atoms with Crippen LogP contribution >= 0.6 is 0 Å². The van der Waals surface area contributed by atoms with E-state index < -0.39 is 47.4 Å². The number of aromatic nitrogens is 1.